The molecule has 0 aromatic heterocycles. The van der Waals surface area contributed by atoms with Crippen LogP contribution in [0.3, 0.4) is 0 Å². The van der Waals surface area contributed by atoms with Crippen LogP contribution in [0.15, 0.2) is 67.3 Å². The molecule has 0 atom stereocenters. The predicted octanol–water partition coefficient (Wildman–Crippen LogP) is 6.67. The second kappa shape index (κ2) is 7.26. The van der Waals surface area contributed by atoms with Gasteiger partial charge < -0.3 is 0 Å². The first-order chi connectivity index (χ1) is 10.9. The van der Waals surface area contributed by atoms with Crippen molar-refractivity contribution in [3.8, 4) is 0 Å². The zero-order valence-corrected chi connectivity index (χ0v) is 13.2. The molecule has 0 aliphatic rings. The lowest BCUT2D eigenvalue weighted by molar-refractivity contribution is 0.646. The van der Waals surface area contributed by atoms with Gasteiger partial charge in [-0.05, 0) is 64.9 Å². The Kier molecular flexibility index (Phi) is 4.90. The average Bonchev–Trinajstić information content (AvgIpc) is 2.56. The number of rotatable bonds is 7. The predicted molar refractivity (Wildman–Crippen MR) is 98.4 cm³/mol. The minimum Gasteiger partial charge on any atom is -0.103 e. The van der Waals surface area contributed by atoms with Gasteiger partial charge in [0.2, 0.25) is 0 Å². The van der Waals surface area contributed by atoms with Crippen molar-refractivity contribution in [3.05, 3.63) is 72.8 Å². The molecular formula is C22H24. The Balaban J connectivity index is 1.69. The molecule has 3 aromatic carbocycles. The van der Waals surface area contributed by atoms with E-state index in [1.807, 2.05) is 6.08 Å². The van der Waals surface area contributed by atoms with Gasteiger partial charge in [0.15, 0.2) is 0 Å². The van der Waals surface area contributed by atoms with Crippen molar-refractivity contribution in [1.82, 2.24) is 0 Å². The molecule has 0 heterocycles. The van der Waals surface area contributed by atoms with E-state index in [9.17, 15) is 0 Å². The molecule has 0 fully saturated rings. The van der Waals surface area contributed by atoms with Gasteiger partial charge in [-0.15, -0.1) is 6.58 Å². The number of unbranched alkanes of at least 4 members (excludes halogenated alkanes) is 4. The first kappa shape index (κ1) is 14.8. The Morgan fingerprint density at radius 1 is 0.682 bits per heavy atom. The zero-order chi connectivity index (χ0) is 15.2. The van der Waals surface area contributed by atoms with Crippen LogP contribution in [0.5, 0.6) is 0 Å². The second-order valence-electron chi connectivity index (χ2n) is 6.12. The molecule has 3 rings (SSSR count). The van der Waals surface area contributed by atoms with Crippen molar-refractivity contribution in [2.24, 2.45) is 0 Å². The fourth-order valence-electron chi connectivity index (χ4n) is 3.12. The molecule has 0 heteroatoms. The highest BCUT2D eigenvalue weighted by Crippen LogP contribution is 2.24. The lowest BCUT2D eigenvalue weighted by Gasteiger charge is -2.06. The normalized spacial score (nSPS) is 11.1. The number of fused-ring (bicyclic) bond motifs is 2. The minimum absolute atomic E-state index is 1.16. The van der Waals surface area contributed by atoms with E-state index < -0.39 is 0 Å². The highest BCUT2D eigenvalue weighted by atomic mass is 14.0. The number of aryl methyl sites for hydroxylation is 1. The van der Waals surface area contributed by atoms with Crippen LogP contribution in [0.1, 0.15) is 37.7 Å². The summed E-state index contributed by atoms with van der Waals surface area (Å²) in [7, 11) is 0. The van der Waals surface area contributed by atoms with Crippen LogP contribution in [-0.2, 0) is 6.42 Å². The van der Waals surface area contributed by atoms with Crippen LogP contribution in [0.4, 0.5) is 0 Å². The van der Waals surface area contributed by atoms with Crippen molar-refractivity contribution in [3.63, 3.8) is 0 Å². The molecule has 0 saturated heterocycles. The highest BCUT2D eigenvalue weighted by Gasteiger charge is 2.00. The number of allylic oxidation sites excluding steroid dienone is 1. The maximum absolute atomic E-state index is 3.78. The molecule has 22 heavy (non-hydrogen) atoms. The molecule has 0 amide bonds. The van der Waals surface area contributed by atoms with Crippen LogP contribution >= 0.6 is 0 Å². The van der Waals surface area contributed by atoms with Crippen LogP contribution in [0, 0.1) is 0 Å². The average molecular weight is 288 g/mol. The number of hydrogen-bond acceptors (Lipinski definition) is 0. The molecule has 0 unspecified atom stereocenters. The smallest absolute Gasteiger partial charge is 0.0175 e. The van der Waals surface area contributed by atoms with E-state index in [0.717, 1.165) is 6.42 Å². The Morgan fingerprint density at radius 3 is 2.14 bits per heavy atom. The largest absolute Gasteiger partial charge is 0.103 e. The van der Waals surface area contributed by atoms with Crippen LogP contribution < -0.4 is 0 Å². The Morgan fingerprint density at radius 2 is 1.36 bits per heavy atom. The van der Waals surface area contributed by atoms with Crippen LogP contribution in [-0.4, -0.2) is 0 Å². The maximum atomic E-state index is 3.78. The third-order valence-electron chi connectivity index (χ3n) is 4.39. The fraction of sp³-hybridized carbons (Fsp3) is 0.273. The molecule has 0 saturated carbocycles. The summed E-state index contributed by atoms with van der Waals surface area (Å²) in [5.41, 5.74) is 1.46. The third-order valence-corrected chi connectivity index (χ3v) is 4.39. The lowest BCUT2D eigenvalue weighted by Crippen LogP contribution is -1.87. The summed E-state index contributed by atoms with van der Waals surface area (Å²) < 4.78 is 0. The monoisotopic (exact) mass is 288 g/mol. The first-order valence-corrected chi connectivity index (χ1v) is 8.39. The van der Waals surface area contributed by atoms with Crippen molar-refractivity contribution < 1.29 is 0 Å². The van der Waals surface area contributed by atoms with Gasteiger partial charge in [-0.3, -0.25) is 0 Å². The SMILES string of the molecule is C=CCCCCCCc1ccc2cc3ccccc3cc2c1. The van der Waals surface area contributed by atoms with Gasteiger partial charge in [-0.25, -0.2) is 0 Å². The third kappa shape index (κ3) is 3.57. The Hall–Kier alpha value is -2.08. The molecule has 0 bridgehead atoms. The number of benzene rings is 3. The summed E-state index contributed by atoms with van der Waals surface area (Å²) in [6, 6.07) is 20.1. The van der Waals surface area contributed by atoms with E-state index in [-0.39, 0.29) is 0 Å². The molecule has 0 radical (unpaired) electrons. The summed E-state index contributed by atoms with van der Waals surface area (Å²) in [6.45, 7) is 3.78. The van der Waals surface area contributed by atoms with Gasteiger partial charge in [0.1, 0.15) is 0 Å². The van der Waals surface area contributed by atoms with Crippen molar-refractivity contribution in [2.75, 3.05) is 0 Å². The Bertz CT molecular complexity index is 767. The van der Waals surface area contributed by atoms with Gasteiger partial charge in [0.05, 0.1) is 0 Å². The summed E-state index contributed by atoms with van der Waals surface area (Å²) in [5.74, 6) is 0. The minimum atomic E-state index is 1.16. The summed E-state index contributed by atoms with van der Waals surface area (Å²) in [6.07, 6.45) is 9.59. The summed E-state index contributed by atoms with van der Waals surface area (Å²) in [4.78, 5) is 0. The number of hydrogen-bond donors (Lipinski definition) is 0. The molecule has 0 aliphatic heterocycles. The van der Waals surface area contributed by atoms with Crippen molar-refractivity contribution >= 4 is 21.5 Å². The van der Waals surface area contributed by atoms with Crippen molar-refractivity contribution in [1.29, 1.82) is 0 Å². The molecular weight excluding hydrogens is 264 g/mol. The van der Waals surface area contributed by atoms with Crippen molar-refractivity contribution in [2.45, 2.75) is 38.5 Å². The maximum Gasteiger partial charge on any atom is -0.0175 e. The standard InChI is InChI=1S/C22H24/c1-2-3-4-5-6-7-10-18-13-14-21-16-19-11-8-9-12-20(19)17-22(21)15-18/h2,8-9,11-17H,1,3-7,10H2. The molecule has 0 N–H and O–H groups in total. The summed E-state index contributed by atoms with van der Waals surface area (Å²) in [5, 5.41) is 5.36. The summed E-state index contributed by atoms with van der Waals surface area (Å²) >= 11 is 0. The quantitative estimate of drug-likeness (QED) is 0.259. The fourth-order valence-corrected chi connectivity index (χ4v) is 3.12. The zero-order valence-electron chi connectivity index (χ0n) is 13.2. The van der Waals surface area contributed by atoms with Gasteiger partial charge in [0.25, 0.3) is 0 Å². The molecule has 0 aliphatic carbocycles. The van der Waals surface area contributed by atoms with Gasteiger partial charge in [0, 0.05) is 0 Å². The molecule has 0 spiro atoms. The van der Waals surface area contributed by atoms with E-state index in [0.29, 0.717) is 0 Å². The first-order valence-electron chi connectivity index (χ1n) is 8.39. The van der Waals surface area contributed by atoms with Crippen LogP contribution in [0.25, 0.3) is 21.5 Å². The second-order valence-corrected chi connectivity index (χ2v) is 6.12. The lowest BCUT2D eigenvalue weighted by atomic mass is 9.99. The molecule has 0 nitrogen and oxygen atoms in total. The van der Waals surface area contributed by atoms with E-state index >= 15 is 0 Å². The van der Waals surface area contributed by atoms with Gasteiger partial charge in [-0.2, -0.15) is 0 Å². The Labute approximate surface area is 133 Å². The van der Waals surface area contributed by atoms with E-state index in [2.05, 4.69) is 61.2 Å². The topological polar surface area (TPSA) is 0 Å². The van der Waals surface area contributed by atoms with E-state index in [1.165, 1.54) is 59.2 Å². The van der Waals surface area contributed by atoms with Crippen LogP contribution in [0.2, 0.25) is 0 Å². The van der Waals surface area contributed by atoms with Gasteiger partial charge in [-0.1, -0.05) is 61.4 Å². The van der Waals surface area contributed by atoms with E-state index in [4.69, 9.17) is 0 Å². The molecule has 112 valence electrons. The highest BCUT2D eigenvalue weighted by molar-refractivity contribution is 5.98. The molecule has 3 aromatic rings. The van der Waals surface area contributed by atoms with Gasteiger partial charge >= 0.3 is 0 Å². The van der Waals surface area contributed by atoms with E-state index in [1.54, 1.807) is 0 Å².